The van der Waals surface area contributed by atoms with Crippen molar-refractivity contribution in [2.75, 3.05) is 19.6 Å². The zero-order chi connectivity index (χ0) is 10.5. The predicted molar refractivity (Wildman–Crippen MR) is 63.8 cm³/mol. The highest BCUT2D eigenvalue weighted by Gasteiger charge is 2.22. The molecule has 2 N–H and O–H groups in total. The molecule has 0 radical (unpaired) electrons. The summed E-state index contributed by atoms with van der Waals surface area (Å²) in [5, 5.41) is 0. The summed E-state index contributed by atoms with van der Waals surface area (Å²) in [6, 6.07) is 11.3. The smallest absolute Gasteiger partial charge is 0.0219 e. The van der Waals surface area contributed by atoms with E-state index in [2.05, 4.69) is 35.2 Å². The lowest BCUT2D eigenvalue weighted by molar-refractivity contribution is 0.262. The fraction of sp³-hybridized carbons (Fsp3) is 0.538. The summed E-state index contributed by atoms with van der Waals surface area (Å²) < 4.78 is 0. The number of benzene rings is 1. The number of likely N-dealkylation sites (tertiary alicyclic amines) is 1. The van der Waals surface area contributed by atoms with Crippen molar-refractivity contribution in [2.45, 2.75) is 25.3 Å². The Labute approximate surface area is 92.1 Å². The molecule has 0 saturated carbocycles. The molecule has 0 unspecified atom stereocenters. The molecule has 0 aromatic heterocycles. The predicted octanol–water partition coefficient (Wildman–Crippen LogP) is 1.65. The van der Waals surface area contributed by atoms with Crippen molar-refractivity contribution in [3.05, 3.63) is 35.9 Å². The largest absolute Gasteiger partial charge is 0.329 e. The Morgan fingerprint density at radius 3 is 2.80 bits per heavy atom. The van der Waals surface area contributed by atoms with E-state index < -0.39 is 0 Å². The van der Waals surface area contributed by atoms with E-state index in [9.17, 15) is 0 Å². The van der Waals surface area contributed by atoms with Gasteiger partial charge in [-0.1, -0.05) is 30.3 Å². The molecule has 2 heteroatoms. The van der Waals surface area contributed by atoms with E-state index in [0.29, 0.717) is 6.04 Å². The summed E-state index contributed by atoms with van der Waals surface area (Å²) in [5.74, 6) is 0. The van der Waals surface area contributed by atoms with Crippen LogP contribution < -0.4 is 5.73 Å². The van der Waals surface area contributed by atoms with Gasteiger partial charge in [0.1, 0.15) is 0 Å². The van der Waals surface area contributed by atoms with E-state index in [4.69, 9.17) is 5.73 Å². The summed E-state index contributed by atoms with van der Waals surface area (Å²) >= 11 is 0. The van der Waals surface area contributed by atoms with Crippen molar-refractivity contribution < 1.29 is 0 Å². The molecule has 1 heterocycles. The second-order valence-corrected chi connectivity index (χ2v) is 4.30. The van der Waals surface area contributed by atoms with Crippen LogP contribution in [-0.2, 0) is 6.42 Å². The van der Waals surface area contributed by atoms with E-state index >= 15 is 0 Å². The van der Waals surface area contributed by atoms with Crippen molar-refractivity contribution in [3.63, 3.8) is 0 Å². The standard InChI is InChI=1S/C13H20N2/c14-11-13-7-4-9-15(13)10-8-12-5-2-1-3-6-12/h1-3,5-6,13H,4,7-11,14H2/t13-/m1/s1. The molecule has 2 rings (SSSR count). The van der Waals surface area contributed by atoms with Gasteiger partial charge in [0.15, 0.2) is 0 Å². The van der Waals surface area contributed by atoms with Crippen LogP contribution in [0.25, 0.3) is 0 Å². The summed E-state index contributed by atoms with van der Waals surface area (Å²) in [5.41, 5.74) is 7.18. The van der Waals surface area contributed by atoms with Crippen LogP contribution in [-0.4, -0.2) is 30.6 Å². The van der Waals surface area contributed by atoms with Crippen LogP contribution >= 0.6 is 0 Å². The van der Waals surface area contributed by atoms with Crippen LogP contribution in [0.5, 0.6) is 0 Å². The minimum Gasteiger partial charge on any atom is -0.329 e. The fourth-order valence-corrected chi connectivity index (χ4v) is 2.37. The molecule has 1 atom stereocenters. The van der Waals surface area contributed by atoms with Crippen LogP contribution in [0.4, 0.5) is 0 Å². The van der Waals surface area contributed by atoms with Crippen LogP contribution in [0, 0.1) is 0 Å². The molecule has 0 aliphatic carbocycles. The Morgan fingerprint density at radius 1 is 1.27 bits per heavy atom. The van der Waals surface area contributed by atoms with Crippen molar-refractivity contribution in [3.8, 4) is 0 Å². The summed E-state index contributed by atoms with van der Waals surface area (Å²) in [6.45, 7) is 3.20. The Hall–Kier alpha value is -0.860. The zero-order valence-corrected chi connectivity index (χ0v) is 9.23. The Balaban J connectivity index is 1.83. The highest BCUT2D eigenvalue weighted by molar-refractivity contribution is 5.14. The number of nitrogens with zero attached hydrogens (tertiary/aromatic N) is 1. The zero-order valence-electron chi connectivity index (χ0n) is 9.23. The van der Waals surface area contributed by atoms with Gasteiger partial charge in [-0.05, 0) is 31.4 Å². The summed E-state index contributed by atoms with van der Waals surface area (Å²) in [4.78, 5) is 2.53. The van der Waals surface area contributed by atoms with Gasteiger partial charge in [0.05, 0.1) is 0 Å². The van der Waals surface area contributed by atoms with Crippen LogP contribution in [0.2, 0.25) is 0 Å². The SMILES string of the molecule is NC[C@H]1CCCN1CCc1ccccc1. The Morgan fingerprint density at radius 2 is 2.07 bits per heavy atom. The van der Waals surface area contributed by atoms with E-state index in [1.165, 1.54) is 24.9 Å². The van der Waals surface area contributed by atoms with E-state index in [1.807, 2.05) is 0 Å². The molecule has 82 valence electrons. The van der Waals surface area contributed by atoms with Crippen molar-refractivity contribution >= 4 is 0 Å². The lowest BCUT2D eigenvalue weighted by Gasteiger charge is -2.22. The maximum absolute atomic E-state index is 5.75. The molecule has 1 fully saturated rings. The molecule has 1 aliphatic heterocycles. The second-order valence-electron chi connectivity index (χ2n) is 4.30. The lowest BCUT2D eigenvalue weighted by atomic mass is 10.1. The van der Waals surface area contributed by atoms with Gasteiger partial charge in [-0.15, -0.1) is 0 Å². The van der Waals surface area contributed by atoms with Crippen molar-refractivity contribution in [1.82, 2.24) is 4.90 Å². The topological polar surface area (TPSA) is 29.3 Å². The van der Waals surface area contributed by atoms with E-state index in [0.717, 1.165) is 19.5 Å². The third kappa shape index (κ3) is 2.80. The minimum atomic E-state index is 0.633. The quantitative estimate of drug-likeness (QED) is 0.808. The molecule has 1 saturated heterocycles. The summed E-state index contributed by atoms with van der Waals surface area (Å²) in [6.07, 6.45) is 3.75. The first kappa shape index (κ1) is 10.7. The first-order chi connectivity index (χ1) is 7.40. The van der Waals surface area contributed by atoms with Gasteiger partial charge in [-0.2, -0.15) is 0 Å². The van der Waals surface area contributed by atoms with Crippen molar-refractivity contribution in [2.24, 2.45) is 5.73 Å². The third-order valence-electron chi connectivity index (χ3n) is 3.30. The molecule has 1 aliphatic rings. The maximum Gasteiger partial charge on any atom is 0.0219 e. The Bertz CT molecular complexity index is 284. The van der Waals surface area contributed by atoms with Crippen molar-refractivity contribution in [1.29, 1.82) is 0 Å². The van der Waals surface area contributed by atoms with E-state index in [-0.39, 0.29) is 0 Å². The number of hydrogen-bond donors (Lipinski definition) is 1. The molecule has 1 aromatic rings. The van der Waals surface area contributed by atoms with E-state index in [1.54, 1.807) is 0 Å². The van der Waals surface area contributed by atoms with Gasteiger partial charge in [0.25, 0.3) is 0 Å². The molecule has 2 nitrogen and oxygen atoms in total. The summed E-state index contributed by atoms with van der Waals surface area (Å²) in [7, 11) is 0. The van der Waals surface area contributed by atoms with Gasteiger partial charge in [0.2, 0.25) is 0 Å². The van der Waals surface area contributed by atoms with Crippen LogP contribution in [0.15, 0.2) is 30.3 Å². The third-order valence-corrected chi connectivity index (χ3v) is 3.30. The first-order valence-corrected chi connectivity index (χ1v) is 5.88. The normalized spacial score (nSPS) is 22.1. The fourth-order valence-electron chi connectivity index (χ4n) is 2.37. The first-order valence-electron chi connectivity index (χ1n) is 5.88. The average Bonchev–Trinajstić information content (AvgIpc) is 2.75. The number of rotatable bonds is 4. The van der Waals surface area contributed by atoms with Gasteiger partial charge < -0.3 is 5.73 Å². The highest BCUT2D eigenvalue weighted by Crippen LogP contribution is 2.16. The molecular formula is C13H20N2. The number of hydrogen-bond acceptors (Lipinski definition) is 2. The molecule has 1 aromatic carbocycles. The second kappa shape index (κ2) is 5.29. The van der Waals surface area contributed by atoms with Gasteiger partial charge in [-0.25, -0.2) is 0 Å². The average molecular weight is 204 g/mol. The van der Waals surface area contributed by atoms with Crippen LogP contribution in [0.1, 0.15) is 18.4 Å². The molecular weight excluding hydrogens is 184 g/mol. The minimum absolute atomic E-state index is 0.633. The molecule has 0 amide bonds. The van der Waals surface area contributed by atoms with Gasteiger partial charge in [0, 0.05) is 19.1 Å². The van der Waals surface area contributed by atoms with Gasteiger partial charge >= 0.3 is 0 Å². The Kier molecular flexibility index (Phi) is 3.75. The highest BCUT2D eigenvalue weighted by atomic mass is 15.2. The number of nitrogens with two attached hydrogens (primary N) is 1. The van der Waals surface area contributed by atoms with Gasteiger partial charge in [-0.3, -0.25) is 4.90 Å². The molecule has 15 heavy (non-hydrogen) atoms. The van der Waals surface area contributed by atoms with Crippen LogP contribution in [0.3, 0.4) is 0 Å². The maximum atomic E-state index is 5.75. The molecule has 0 spiro atoms. The lowest BCUT2D eigenvalue weighted by Crippen LogP contribution is -2.36. The monoisotopic (exact) mass is 204 g/mol. The molecule has 0 bridgehead atoms.